The molecule has 1 aromatic heterocycles. The van der Waals surface area contributed by atoms with E-state index in [1.165, 1.54) is 18.8 Å². The molecule has 1 aromatic carbocycles. The lowest BCUT2D eigenvalue weighted by atomic mass is 10.1. The number of amides is 1. The second-order valence-electron chi connectivity index (χ2n) is 5.14. The Hall–Kier alpha value is -3.03. The third kappa shape index (κ3) is 3.32. The Balaban J connectivity index is 2.30. The number of carboxylic acid groups (broad SMARTS) is 1. The summed E-state index contributed by atoms with van der Waals surface area (Å²) in [5.41, 5.74) is 0.542. The molecule has 2 aromatic rings. The van der Waals surface area contributed by atoms with E-state index >= 15 is 0 Å². The molecule has 0 aliphatic carbocycles. The van der Waals surface area contributed by atoms with Gasteiger partial charge < -0.3 is 19.9 Å². The monoisotopic (exact) mass is 333 g/mol. The van der Waals surface area contributed by atoms with E-state index < -0.39 is 17.9 Å². The van der Waals surface area contributed by atoms with Gasteiger partial charge in [0.1, 0.15) is 22.8 Å². The van der Waals surface area contributed by atoms with Gasteiger partial charge in [-0.25, -0.2) is 4.79 Å². The minimum absolute atomic E-state index is 0.0174. The Bertz CT molecular complexity index is 769. The van der Waals surface area contributed by atoms with Crippen LogP contribution < -0.4 is 14.8 Å². The molecule has 0 radical (unpaired) electrons. The number of benzene rings is 1. The number of aryl methyl sites for hydroxylation is 1. The van der Waals surface area contributed by atoms with Crippen LogP contribution in [0, 0.1) is 0 Å². The first kappa shape index (κ1) is 17.3. The minimum atomic E-state index is -1.21. The molecule has 0 saturated heterocycles. The standard InChI is InChI=1S/C16H19N3O5/c1-9(11-7-10(23-3)5-6-13(11)24-4)18-15(20)14-12(16(21)22)8-17-19(14)2/h5-9H,1-4H3,(H,18,20)(H,21,22)/t9-/m1/s1. The average molecular weight is 333 g/mol. The highest BCUT2D eigenvalue weighted by atomic mass is 16.5. The smallest absolute Gasteiger partial charge is 0.339 e. The highest BCUT2D eigenvalue weighted by Crippen LogP contribution is 2.29. The topological polar surface area (TPSA) is 103 Å². The lowest BCUT2D eigenvalue weighted by Gasteiger charge is -2.18. The molecule has 1 amide bonds. The van der Waals surface area contributed by atoms with E-state index in [0.29, 0.717) is 17.1 Å². The van der Waals surface area contributed by atoms with Crippen LogP contribution in [0.5, 0.6) is 11.5 Å². The van der Waals surface area contributed by atoms with E-state index in [9.17, 15) is 9.59 Å². The Labute approximate surface area is 139 Å². The molecule has 8 heteroatoms. The van der Waals surface area contributed by atoms with Crippen molar-refractivity contribution in [2.24, 2.45) is 7.05 Å². The van der Waals surface area contributed by atoms with Gasteiger partial charge in [-0.1, -0.05) is 0 Å². The van der Waals surface area contributed by atoms with Crippen LogP contribution >= 0.6 is 0 Å². The molecule has 8 nitrogen and oxygen atoms in total. The third-order valence-corrected chi connectivity index (χ3v) is 3.64. The molecule has 0 fully saturated rings. The predicted octanol–water partition coefficient (Wildman–Crippen LogP) is 1.63. The number of ether oxygens (including phenoxy) is 2. The van der Waals surface area contributed by atoms with Crippen LogP contribution in [-0.4, -0.2) is 41.0 Å². The SMILES string of the molecule is COc1ccc(OC)c([C@@H](C)NC(=O)c2c(C(=O)O)cnn2C)c1. The van der Waals surface area contributed by atoms with E-state index in [-0.39, 0.29) is 11.3 Å². The maximum Gasteiger partial charge on any atom is 0.339 e. The number of carbonyl (C=O) groups is 2. The summed E-state index contributed by atoms with van der Waals surface area (Å²) in [7, 11) is 4.59. The molecule has 0 aliphatic heterocycles. The number of carboxylic acids is 1. The van der Waals surface area contributed by atoms with Gasteiger partial charge >= 0.3 is 5.97 Å². The first-order valence-electron chi connectivity index (χ1n) is 7.17. The fourth-order valence-electron chi connectivity index (χ4n) is 2.38. The molecule has 0 aliphatic rings. The highest BCUT2D eigenvalue weighted by Gasteiger charge is 2.24. The van der Waals surface area contributed by atoms with Gasteiger partial charge in [0.15, 0.2) is 0 Å². The number of rotatable bonds is 6. The summed E-state index contributed by atoms with van der Waals surface area (Å²) in [5, 5.41) is 15.8. The van der Waals surface area contributed by atoms with Gasteiger partial charge in [-0.2, -0.15) is 5.10 Å². The Kier molecular flexibility index (Phi) is 5.08. The van der Waals surface area contributed by atoms with E-state index in [0.717, 1.165) is 6.20 Å². The van der Waals surface area contributed by atoms with Gasteiger partial charge in [-0.15, -0.1) is 0 Å². The number of hydrogen-bond acceptors (Lipinski definition) is 5. The summed E-state index contributed by atoms with van der Waals surface area (Å²) in [4.78, 5) is 23.7. The second kappa shape index (κ2) is 7.03. The molecule has 0 saturated carbocycles. The van der Waals surface area contributed by atoms with Crippen molar-refractivity contribution < 1.29 is 24.2 Å². The largest absolute Gasteiger partial charge is 0.497 e. The molecule has 1 heterocycles. The normalized spacial score (nSPS) is 11.7. The zero-order valence-corrected chi connectivity index (χ0v) is 13.9. The highest BCUT2D eigenvalue weighted by molar-refractivity contribution is 6.03. The van der Waals surface area contributed by atoms with Gasteiger partial charge in [0, 0.05) is 12.6 Å². The molecule has 128 valence electrons. The number of methoxy groups -OCH3 is 2. The average Bonchev–Trinajstić information content (AvgIpc) is 2.96. The molecule has 2 rings (SSSR count). The third-order valence-electron chi connectivity index (χ3n) is 3.64. The molecule has 0 bridgehead atoms. The van der Waals surface area contributed by atoms with Crippen molar-refractivity contribution in [3.63, 3.8) is 0 Å². The Morgan fingerprint density at radius 2 is 2.00 bits per heavy atom. The van der Waals surface area contributed by atoms with Crippen LogP contribution in [0.25, 0.3) is 0 Å². The van der Waals surface area contributed by atoms with Crippen LogP contribution in [0.1, 0.15) is 39.4 Å². The van der Waals surface area contributed by atoms with Crippen molar-refractivity contribution in [1.82, 2.24) is 15.1 Å². The zero-order chi connectivity index (χ0) is 17.9. The molecule has 0 spiro atoms. The molecule has 0 unspecified atom stereocenters. The van der Waals surface area contributed by atoms with Crippen LogP contribution in [-0.2, 0) is 7.05 Å². The van der Waals surface area contributed by atoms with Crippen molar-refractivity contribution in [1.29, 1.82) is 0 Å². The Morgan fingerprint density at radius 1 is 1.29 bits per heavy atom. The summed E-state index contributed by atoms with van der Waals surface area (Å²) in [6.07, 6.45) is 1.15. The molecule has 1 atom stereocenters. The first-order chi connectivity index (χ1) is 11.4. The lowest BCUT2D eigenvalue weighted by molar-refractivity contribution is 0.0690. The van der Waals surface area contributed by atoms with Crippen molar-refractivity contribution in [2.45, 2.75) is 13.0 Å². The lowest BCUT2D eigenvalue weighted by Crippen LogP contribution is -2.30. The molecular formula is C16H19N3O5. The molecular weight excluding hydrogens is 314 g/mol. The quantitative estimate of drug-likeness (QED) is 0.833. The van der Waals surface area contributed by atoms with Crippen LogP contribution in [0.3, 0.4) is 0 Å². The summed E-state index contributed by atoms with van der Waals surface area (Å²) in [6, 6.07) is 4.81. The molecule has 2 N–H and O–H groups in total. The number of nitrogens with zero attached hydrogens (tertiary/aromatic N) is 2. The summed E-state index contributed by atoms with van der Waals surface area (Å²) >= 11 is 0. The van der Waals surface area contributed by atoms with Crippen molar-refractivity contribution in [2.75, 3.05) is 14.2 Å². The van der Waals surface area contributed by atoms with E-state index in [4.69, 9.17) is 14.6 Å². The van der Waals surface area contributed by atoms with Gasteiger partial charge in [0.05, 0.1) is 26.5 Å². The number of aromatic nitrogens is 2. The van der Waals surface area contributed by atoms with Crippen LogP contribution in [0.2, 0.25) is 0 Å². The zero-order valence-electron chi connectivity index (χ0n) is 13.9. The maximum absolute atomic E-state index is 12.5. The van der Waals surface area contributed by atoms with Gasteiger partial charge in [0.25, 0.3) is 5.91 Å². The summed E-state index contributed by atoms with van der Waals surface area (Å²) < 4.78 is 11.7. The van der Waals surface area contributed by atoms with Crippen molar-refractivity contribution in [3.05, 3.63) is 41.2 Å². The number of hydrogen-bond donors (Lipinski definition) is 2. The van der Waals surface area contributed by atoms with Gasteiger partial charge in [-0.05, 0) is 25.1 Å². The summed E-state index contributed by atoms with van der Waals surface area (Å²) in [6.45, 7) is 1.77. The molecule has 24 heavy (non-hydrogen) atoms. The van der Waals surface area contributed by atoms with Crippen molar-refractivity contribution in [3.8, 4) is 11.5 Å². The fourth-order valence-corrected chi connectivity index (χ4v) is 2.38. The van der Waals surface area contributed by atoms with E-state index in [2.05, 4.69) is 10.4 Å². The number of aromatic carboxylic acids is 1. The van der Waals surface area contributed by atoms with Crippen molar-refractivity contribution >= 4 is 11.9 Å². The number of nitrogens with one attached hydrogen (secondary N) is 1. The number of carbonyl (C=O) groups excluding carboxylic acids is 1. The Morgan fingerprint density at radius 3 is 2.58 bits per heavy atom. The van der Waals surface area contributed by atoms with Crippen LogP contribution in [0.15, 0.2) is 24.4 Å². The van der Waals surface area contributed by atoms with Gasteiger partial charge in [-0.3, -0.25) is 9.48 Å². The fraction of sp³-hybridized carbons (Fsp3) is 0.312. The minimum Gasteiger partial charge on any atom is -0.497 e. The second-order valence-corrected chi connectivity index (χ2v) is 5.14. The van der Waals surface area contributed by atoms with Gasteiger partial charge in [0.2, 0.25) is 0 Å². The van der Waals surface area contributed by atoms with Crippen LogP contribution in [0.4, 0.5) is 0 Å². The van der Waals surface area contributed by atoms with E-state index in [1.54, 1.807) is 32.2 Å². The van der Waals surface area contributed by atoms with E-state index in [1.807, 2.05) is 0 Å². The maximum atomic E-state index is 12.5. The summed E-state index contributed by atoms with van der Waals surface area (Å²) in [5.74, 6) is -0.532. The predicted molar refractivity (Wildman–Crippen MR) is 85.6 cm³/mol. The first-order valence-corrected chi connectivity index (χ1v) is 7.17.